The molecule has 1 aliphatic carbocycles. The maximum atomic E-state index is 11.6. The molecule has 2 aliphatic rings. The molecule has 0 saturated carbocycles. The summed E-state index contributed by atoms with van der Waals surface area (Å²) in [6.07, 6.45) is 6.08. The molecule has 0 radical (unpaired) electrons. The Kier molecular flexibility index (Phi) is 2.72. The Morgan fingerprint density at radius 1 is 1.50 bits per heavy atom. The highest BCUT2D eigenvalue weighted by Crippen LogP contribution is 2.41. The summed E-state index contributed by atoms with van der Waals surface area (Å²) in [5, 5.41) is 0. The van der Waals surface area contributed by atoms with E-state index in [1.807, 2.05) is 6.08 Å². The number of fused-ring (bicyclic) bond motifs is 2. The highest BCUT2D eigenvalue weighted by molar-refractivity contribution is 7.13. The fourth-order valence-electron chi connectivity index (χ4n) is 2.55. The van der Waals surface area contributed by atoms with Gasteiger partial charge in [-0.15, -0.1) is 11.3 Å². The standard InChI is InChI=1S/C13H15N3OS/c14-6-9-5-8-7-16(13(15)17)11-4-2-1-3-10(11)12(8)18-9/h2,4-5H,1,3,6-7,14H2,(H2,15,17). The van der Waals surface area contributed by atoms with Gasteiger partial charge in [-0.25, -0.2) is 4.79 Å². The van der Waals surface area contributed by atoms with Gasteiger partial charge in [0.25, 0.3) is 0 Å². The number of hydrogen-bond acceptors (Lipinski definition) is 3. The Hall–Kier alpha value is -1.59. The molecule has 2 amide bonds. The number of carbonyl (C=O) groups excluding carboxylic acids is 1. The van der Waals surface area contributed by atoms with Gasteiger partial charge in [0.1, 0.15) is 0 Å². The van der Waals surface area contributed by atoms with Gasteiger partial charge in [-0.3, -0.25) is 4.90 Å². The van der Waals surface area contributed by atoms with E-state index in [2.05, 4.69) is 12.1 Å². The predicted molar refractivity (Wildman–Crippen MR) is 72.6 cm³/mol. The molecule has 18 heavy (non-hydrogen) atoms. The predicted octanol–water partition coefficient (Wildman–Crippen LogP) is 2.16. The van der Waals surface area contributed by atoms with Gasteiger partial charge in [-0.2, -0.15) is 0 Å². The van der Waals surface area contributed by atoms with Crippen LogP contribution in [-0.4, -0.2) is 10.9 Å². The van der Waals surface area contributed by atoms with E-state index in [0.717, 1.165) is 23.4 Å². The van der Waals surface area contributed by atoms with Crippen LogP contribution in [0.5, 0.6) is 0 Å². The van der Waals surface area contributed by atoms with E-state index in [4.69, 9.17) is 11.5 Å². The average molecular weight is 261 g/mol. The molecule has 1 aliphatic heterocycles. The zero-order valence-corrected chi connectivity index (χ0v) is 10.8. The third kappa shape index (κ3) is 1.67. The number of carbonyl (C=O) groups is 1. The van der Waals surface area contributed by atoms with Gasteiger partial charge in [0.15, 0.2) is 0 Å². The number of nitrogens with two attached hydrogens (primary N) is 2. The molecule has 0 atom stereocenters. The van der Waals surface area contributed by atoms with Crippen molar-refractivity contribution < 1.29 is 4.79 Å². The normalized spacial score (nSPS) is 17.7. The minimum Gasteiger partial charge on any atom is -0.351 e. The molecule has 0 saturated heterocycles. The van der Waals surface area contributed by atoms with Crippen molar-refractivity contribution in [2.75, 3.05) is 0 Å². The minimum absolute atomic E-state index is 0.389. The molecule has 3 rings (SSSR count). The van der Waals surface area contributed by atoms with Crippen LogP contribution in [0.25, 0.3) is 5.57 Å². The molecule has 0 spiro atoms. The van der Waals surface area contributed by atoms with Crippen LogP contribution in [0.1, 0.15) is 28.2 Å². The van der Waals surface area contributed by atoms with Crippen molar-refractivity contribution >= 4 is 22.9 Å². The summed E-state index contributed by atoms with van der Waals surface area (Å²) < 4.78 is 0. The molecule has 94 valence electrons. The number of rotatable bonds is 1. The number of urea groups is 1. The van der Waals surface area contributed by atoms with Crippen molar-refractivity contribution in [2.45, 2.75) is 25.9 Å². The first kappa shape index (κ1) is 11.5. The number of amides is 2. The fraction of sp³-hybridized carbons (Fsp3) is 0.308. The summed E-state index contributed by atoms with van der Waals surface area (Å²) >= 11 is 1.74. The van der Waals surface area contributed by atoms with Gasteiger partial charge in [0.2, 0.25) is 0 Å². The summed E-state index contributed by atoms with van der Waals surface area (Å²) in [5.74, 6) is 0. The summed E-state index contributed by atoms with van der Waals surface area (Å²) in [6.45, 7) is 1.11. The van der Waals surface area contributed by atoms with E-state index in [0.29, 0.717) is 13.1 Å². The van der Waals surface area contributed by atoms with Crippen LogP contribution in [0.3, 0.4) is 0 Å². The van der Waals surface area contributed by atoms with Gasteiger partial charge in [-0.05, 0) is 36.1 Å². The van der Waals surface area contributed by atoms with Crippen molar-refractivity contribution in [3.8, 4) is 0 Å². The molecular formula is C13H15N3OS. The van der Waals surface area contributed by atoms with Gasteiger partial charge >= 0.3 is 6.03 Å². The van der Waals surface area contributed by atoms with Crippen LogP contribution in [0, 0.1) is 0 Å². The SMILES string of the molecule is NCc1cc2c(s1)C1=C(C=CCC1)N(C(N)=O)C2. The Morgan fingerprint density at radius 2 is 2.33 bits per heavy atom. The van der Waals surface area contributed by atoms with Crippen LogP contribution in [0.15, 0.2) is 23.9 Å². The zero-order chi connectivity index (χ0) is 12.7. The van der Waals surface area contributed by atoms with Crippen molar-refractivity contribution in [2.24, 2.45) is 11.5 Å². The monoisotopic (exact) mass is 261 g/mol. The lowest BCUT2D eigenvalue weighted by Crippen LogP contribution is -2.36. The molecule has 0 bridgehead atoms. The molecule has 0 unspecified atom stereocenters. The Labute approximate surface area is 110 Å². The molecule has 0 fully saturated rings. The second kappa shape index (κ2) is 4.26. The smallest absolute Gasteiger partial charge is 0.319 e. The lowest BCUT2D eigenvalue weighted by molar-refractivity contribution is 0.219. The van der Waals surface area contributed by atoms with Crippen LogP contribution in [0.4, 0.5) is 4.79 Å². The maximum Gasteiger partial charge on any atom is 0.319 e. The largest absolute Gasteiger partial charge is 0.351 e. The maximum absolute atomic E-state index is 11.6. The molecule has 4 nitrogen and oxygen atoms in total. The highest BCUT2D eigenvalue weighted by atomic mass is 32.1. The zero-order valence-electron chi connectivity index (χ0n) is 9.98. The molecule has 0 aromatic carbocycles. The van der Waals surface area contributed by atoms with E-state index in [1.54, 1.807) is 16.2 Å². The molecule has 1 aromatic heterocycles. The molecule has 2 heterocycles. The third-order valence-corrected chi connectivity index (χ3v) is 4.63. The summed E-state index contributed by atoms with van der Waals surface area (Å²) in [6, 6.07) is 1.71. The van der Waals surface area contributed by atoms with Crippen LogP contribution in [-0.2, 0) is 13.1 Å². The lowest BCUT2D eigenvalue weighted by Gasteiger charge is -2.31. The van der Waals surface area contributed by atoms with E-state index in [9.17, 15) is 4.79 Å². The molecule has 4 N–H and O–H groups in total. The van der Waals surface area contributed by atoms with Gasteiger partial charge < -0.3 is 11.5 Å². The number of allylic oxidation sites excluding steroid dienone is 3. The fourth-order valence-corrected chi connectivity index (χ4v) is 3.68. The molecule has 5 heteroatoms. The van der Waals surface area contributed by atoms with Crippen molar-refractivity contribution in [1.82, 2.24) is 4.90 Å². The molecule has 1 aromatic rings. The van der Waals surface area contributed by atoms with E-state index < -0.39 is 0 Å². The highest BCUT2D eigenvalue weighted by Gasteiger charge is 2.28. The summed E-state index contributed by atoms with van der Waals surface area (Å²) in [5.41, 5.74) is 14.5. The molecular weight excluding hydrogens is 246 g/mol. The second-order valence-electron chi connectivity index (χ2n) is 4.50. The van der Waals surface area contributed by atoms with Crippen molar-refractivity contribution in [3.05, 3.63) is 39.2 Å². The van der Waals surface area contributed by atoms with E-state index in [1.165, 1.54) is 16.0 Å². The Balaban J connectivity index is 2.14. The summed E-state index contributed by atoms with van der Waals surface area (Å²) in [4.78, 5) is 15.7. The van der Waals surface area contributed by atoms with E-state index in [-0.39, 0.29) is 6.03 Å². The van der Waals surface area contributed by atoms with Crippen LogP contribution in [0.2, 0.25) is 0 Å². The quantitative estimate of drug-likeness (QED) is 0.813. The number of primary amides is 1. The number of thiophene rings is 1. The first-order valence-corrected chi connectivity index (χ1v) is 6.81. The number of nitrogens with zero attached hydrogens (tertiary/aromatic N) is 1. The van der Waals surface area contributed by atoms with Gasteiger partial charge in [0, 0.05) is 16.3 Å². The Bertz CT molecular complexity index is 571. The van der Waals surface area contributed by atoms with Crippen LogP contribution >= 0.6 is 11.3 Å². The van der Waals surface area contributed by atoms with Gasteiger partial charge in [0.05, 0.1) is 12.2 Å². The minimum atomic E-state index is -0.389. The second-order valence-corrected chi connectivity index (χ2v) is 5.64. The third-order valence-electron chi connectivity index (χ3n) is 3.37. The number of hydrogen-bond donors (Lipinski definition) is 2. The van der Waals surface area contributed by atoms with Gasteiger partial charge in [-0.1, -0.05) is 6.08 Å². The van der Waals surface area contributed by atoms with Crippen molar-refractivity contribution in [1.29, 1.82) is 0 Å². The lowest BCUT2D eigenvalue weighted by atomic mass is 9.94. The first-order valence-electron chi connectivity index (χ1n) is 5.99. The average Bonchev–Trinajstić information content (AvgIpc) is 2.80. The van der Waals surface area contributed by atoms with Crippen LogP contribution < -0.4 is 11.5 Å². The topological polar surface area (TPSA) is 72.3 Å². The first-order chi connectivity index (χ1) is 8.70. The van der Waals surface area contributed by atoms with Crippen molar-refractivity contribution in [3.63, 3.8) is 0 Å². The summed E-state index contributed by atoms with van der Waals surface area (Å²) in [7, 11) is 0. The van der Waals surface area contributed by atoms with E-state index >= 15 is 0 Å². The Morgan fingerprint density at radius 3 is 3.06 bits per heavy atom.